The van der Waals surface area contributed by atoms with Crippen molar-refractivity contribution >= 4 is 42.1 Å². The van der Waals surface area contributed by atoms with Crippen LogP contribution in [-0.2, 0) is 4.74 Å². The Morgan fingerprint density at radius 3 is 2.74 bits per heavy atom. The van der Waals surface area contributed by atoms with Crippen molar-refractivity contribution in [3.05, 3.63) is 52.0 Å². The zero-order valence-corrected chi connectivity index (χ0v) is 20.3. The number of rotatable bonds is 6. The van der Waals surface area contributed by atoms with Gasteiger partial charge in [-0.25, -0.2) is 4.98 Å². The minimum Gasteiger partial charge on any atom is -0.371 e. The molecule has 0 bridgehead atoms. The van der Waals surface area contributed by atoms with Crippen LogP contribution in [0.5, 0.6) is 0 Å². The molecule has 2 aliphatic rings. The maximum Gasteiger partial charge on any atom is 0.271 e. The van der Waals surface area contributed by atoms with E-state index in [0.29, 0.717) is 24.3 Å². The summed E-state index contributed by atoms with van der Waals surface area (Å²) in [7, 11) is 0. The van der Waals surface area contributed by atoms with Gasteiger partial charge in [0.05, 0.1) is 18.8 Å². The Morgan fingerprint density at radius 1 is 1.29 bits per heavy atom. The number of ether oxygens (including phenoxy) is 1. The van der Waals surface area contributed by atoms with E-state index in [1.807, 2.05) is 23.6 Å². The van der Waals surface area contributed by atoms with E-state index < -0.39 is 0 Å². The Labute approximate surface area is 200 Å². The summed E-state index contributed by atoms with van der Waals surface area (Å²) in [6.45, 7) is 6.71. The summed E-state index contributed by atoms with van der Waals surface area (Å²) in [5.74, 6) is 0.401. The third-order valence-corrected chi connectivity index (χ3v) is 6.70. The van der Waals surface area contributed by atoms with Crippen LogP contribution >= 0.6 is 36.2 Å². The van der Waals surface area contributed by atoms with Crippen molar-refractivity contribution in [2.75, 3.05) is 19.7 Å². The summed E-state index contributed by atoms with van der Waals surface area (Å²) in [4.78, 5) is 19.6. The summed E-state index contributed by atoms with van der Waals surface area (Å²) in [5, 5.41) is 5.83. The number of carbonyl (C=O) groups excluding carboxylic acids is 1. The molecule has 3 N–H and O–H groups in total. The highest BCUT2D eigenvalue weighted by Gasteiger charge is 2.38. The molecule has 0 aliphatic carbocycles. The number of amides is 1. The van der Waals surface area contributed by atoms with Gasteiger partial charge in [0.25, 0.3) is 5.91 Å². The molecule has 0 radical (unpaired) electrons. The molecule has 9 heteroatoms. The number of fused-ring (bicyclic) bond motifs is 1. The van der Waals surface area contributed by atoms with Crippen LogP contribution in [0.25, 0.3) is 0 Å². The SMILES string of the molecule is CC(C)C[C@H](N)c1nc(C(=O)N[C@H]2C[C@H]3CO[C@@H](c4ccccc4)CN3C2)cs1.Cl.Cl. The molecular formula is C22H32Cl2N4O2S. The van der Waals surface area contributed by atoms with Crippen molar-refractivity contribution in [3.8, 4) is 0 Å². The average molecular weight is 487 g/mol. The molecule has 6 nitrogen and oxygen atoms in total. The molecule has 4 rings (SSSR count). The molecule has 2 aliphatic heterocycles. The molecule has 0 unspecified atom stereocenters. The highest BCUT2D eigenvalue weighted by Crippen LogP contribution is 2.30. The third-order valence-electron chi connectivity index (χ3n) is 5.72. The van der Waals surface area contributed by atoms with Crippen LogP contribution < -0.4 is 11.1 Å². The molecule has 1 aromatic carbocycles. The second-order valence-electron chi connectivity index (χ2n) is 8.55. The molecule has 2 fully saturated rings. The monoisotopic (exact) mass is 486 g/mol. The zero-order valence-electron chi connectivity index (χ0n) is 17.9. The molecule has 2 aromatic rings. The van der Waals surface area contributed by atoms with Crippen molar-refractivity contribution in [1.29, 1.82) is 0 Å². The predicted octanol–water partition coefficient (Wildman–Crippen LogP) is 3.98. The largest absolute Gasteiger partial charge is 0.371 e. The first-order valence-electron chi connectivity index (χ1n) is 10.4. The molecule has 2 saturated heterocycles. The van der Waals surface area contributed by atoms with Crippen LogP contribution in [0, 0.1) is 5.92 Å². The van der Waals surface area contributed by atoms with E-state index in [0.717, 1.165) is 30.9 Å². The molecule has 1 amide bonds. The summed E-state index contributed by atoms with van der Waals surface area (Å²) in [6.07, 6.45) is 1.89. The maximum absolute atomic E-state index is 12.7. The lowest BCUT2D eigenvalue weighted by Gasteiger charge is -2.35. The highest BCUT2D eigenvalue weighted by atomic mass is 35.5. The summed E-state index contributed by atoms with van der Waals surface area (Å²) < 4.78 is 6.10. The number of nitrogens with zero attached hydrogens (tertiary/aromatic N) is 2. The third kappa shape index (κ3) is 6.40. The summed E-state index contributed by atoms with van der Waals surface area (Å²) in [5.41, 5.74) is 7.90. The van der Waals surface area contributed by atoms with Crippen LogP contribution in [0.4, 0.5) is 0 Å². The number of morpholine rings is 1. The van der Waals surface area contributed by atoms with E-state index in [1.165, 1.54) is 16.9 Å². The zero-order chi connectivity index (χ0) is 20.4. The van der Waals surface area contributed by atoms with Crippen LogP contribution in [0.1, 0.15) is 59.9 Å². The fourth-order valence-electron chi connectivity index (χ4n) is 4.28. The summed E-state index contributed by atoms with van der Waals surface area (Å²) in [6, 6.07) is 10.7. The van der Waals surface area contributed by atoms with Gasteiger partial charge in [-0.15, -0.1) is 36.2 Å². The Balaban J connectivity index is 0.00000171. The molecule has 0 saturated carbocycles. The number of nitrogens with one attached hydrogen (secondary N) is 1. The van der Waals surface area contributed by atoms with Gasteiger partial charge in [0.1, 0.15) is 10.7 Å². The van der Waals surface area contributed by atoms with Crippen LogP contribution in [0.3, 0.4) is 0 Å². The Hall–Kier alpha value is -1.22. The first-order valence-corrected chi connectivity index (χ1v) is 11.3. The second-order valence-corrected chi connectivity index (χ2v) is 9.44. The number of nitrogens with two attached hydrogens (primary N) is 1. The number of carbonyl (C=O) groups is 1. The topological polar surface area (TPSA) is 80.5 Å². The van der Waals surface area contributed by atoms with Gasteiger partial charge in [-0.1, -0.05) is 44.2 Å². The fourth-order valence-corrected chi connectivity index (χ4v) is 5.09. The summed E-state index contributed by atoms with van der Waals surface area (Å²) >= 11 is 1.48. The fraction of sp³-hybridized carbons (Fsp3) is 0.545. The quantitative estimate of drug-likeness (QED) is 0.645. The normalized spacial score (nSPS) is 24.1. The Kier molecular flexibility index (Phi) is 9.73. The van der Waals surface area contributed by atoms with Gasteiger partial charge in [0, 0.05) is 30.6 Å². The van der Waals surface area contributed by atoms with Crippen molar-refractivity contribution in [2.24, 2.45) is 11.7 Å². The van der Waals surface area contributed by atoms with Crippen molar-refractivity contribution in [2.45, 2.75) is 50.9 Å². The van der Waals surface area contributed by atoms with E-state index in [1.54, 1.807) is 0 Å². The molecule has 4 atom stereocenters. The molecular weight excluding hydrogens is 455 g/mol. The minimum absolute atomic E-state index is 0. The molecule has 31 heavy (non-hydrogen) atoms. The van der Waals surface area contributed by atoms with E-state index >= 15 is 0 Å². The number of hydrogen-bond donors (Lipinski definition) is 2. The number of thiazole rings is 1. The first-order chi connectivity index (χ1) is 14.0. The van der Waals surface area contributed by atoms with Gasteiger partial charge in [-0.05, 0) is 24.3 Å². The van der Waals surface area contributed by atoms with Crippen molar-refractivity contribution < 1.29 is 9.53 Å². The maximum atomic E-state index is 12.7. The molecule has 3 heterocycles. The minimum atomic E-state index is -0.103. The first kappa shape index (κ1) is 26.0. The van der Waals surface area contributed by atoms with E-state index in [-0.39, 0.29) is 48.9 Å². The number of aromatic nitrogens is 1. The van der Waals surface area contributed by atoms with Gasteiger partial charge < -0.3 is 15.8 Å². The van der Waals surface area contributed by atoms with Crippen molar-refractivity contribution in [1.82, 2.24) is 15.2 Å². The predicted molar refractivity (Wildman–Crippen MR) is 129 cm³/mol. The van der Waals surface area contributed by atoms with Gasteiger partial charge >= 0.3 is 0 Å². The van der Waals surface area contributed by atoms with Crippen molar-refractivity contribution in [3.63, 3.8) is 0 Å². The number of benzene rings is 1. The van der Waals surface area contributed by atoms with Crippen LogP contribution in [0.15, 0.2) is 35.7 Å². The molecule has 172 valence electrons. The lowest BCUT2D eigenvalue weighted by molar-refractivity contribution is -0.0502. The lowest BCUT2D eigenvalue weighted by atomic mass is 10.1. The number of halogens is 2. The van der Waals surface area contributed by atoms with Gasteiger partial charge in [-0.2, -0.15) is 0 Å². The lowest BCUT2D eigenvalue weighted by Crippen LogP contribution is -2.43. The van der Waals surface area contributed by atoms with E-state index in [2.05, 4.69) is 41.2 Å². The van der Waals surface area contributed by atoms with Gasteiger partial charge in [0.2, 0.25) is 0 Å². The smallest absolute Gasteiger partial charge is 0.271 e. The van der Waals surface area contributed by atoms with Gasteiger partial charge in [-0.3, -0.25) is 9.69 Å². The van der Waals surface area contributed by atoms with E-state index in [4.69, 9.17) is 10.5 Å². The van der Waals surface area contributed by atoms with Crippen LogP contribution in [-0.4, -0.2) is 47.6 Å². The average Bonchev–Trinajstić information content (AvgIpc) is 3.34. The second kappa shape index (κ2) is 11.6. The Morgan fingerprint density at radius 2 is 2.03 bits per heavy atom. The number of hydrogen-bond acceptors (Lipinski definition) is 6. The highest BCUT2D eigenvalue weighted by molar-refractivity contribution is 7.09. The molecule has 1 aromatic heterocycles. The molecule has 0 spiro atoms. The van der Waals surface area contributed by atoms with Gasteiger partial charge in [0.15, 0.2) is 0 Å². The standard InChI is InChI=1S/C22H30N4O2S.2ClH/c1-14(2)8-18(23)22-25-19(13-29-22)21(27)24-16-9-17-12-28-20(11-26(17)10-16)15-6-4-3-5-7-15;;/h3-7,13-14,16-18,20H,8-12,23H2,1-2H3,(H,24,27);2*1H/t16-,17-,18-,20+;;/m0../s1. The Bertz CT molecular complexity index is 836. The van der Waals surface area contributed by atoms with Crippen LogP contribution in [0.2, 0.25) is 0 Å². The van der Waals surface area contributed by atoms with E-state index in [9.17, 15) is 4.79 Å².